The monoisotopic (exact) mass is 590 g/mol. The Morgan fingerprint density at radius 2 is 1.93 bits per heavy atom. The van der Waals surface area contributed by atoms with Crippen LogP contribution in [-0.4, -0.2) is 33.5 Å². The second kappa shape index (κ2) is 11.8. The number of urea groups is 1. The molecule has 1 unspecified atom stereocenters. The maximum Gasteiger partial charge on any atom is 0.387 e. The summed E-state index contributed by atoms with van der Waals surface area (Å²) in [7, 11) is 0. The minimum atomic E-state index is -3.10. The number of fused-ring (bicyclic) bond motifs is 4. The summed E-state index contributed by atoms with van der Waals surface area (Å²) >= 11 is 0. The van der Waals surface area contributed by atoms with Gasteiger partial charge in [-0.2, -0.15) is 8.78 Å². The second-order valence-corrected chi connectivity index (χ2v) is 10.7. The summed E-state index contributed by atoms with van der Waals surface area (Å²) in [5.74, 6) is -0.395. The number of rotatable bonds is 6. The predicted molar refractivity (Wildman–Crippen MR) is 154 cm³/mol. The number of hydrogen-bond acceptors (Lipinski definition) is 5. The maximum atomic E-state index is 14.7. The number of hydrogen-bond donors (Lipinski definition) is 4. The van der Waals surface area contributed by atoms with Crippen molar-refractivity contribution >= 4 is 23.3 Å². The minimum Gasteiger partial charge on any atom is -0.434 e. The summed E-state index contributed by atoms with van der Waals surface area (Å²) in [6.07, 6.45) is 5.70. The topological polar surface area (TPSA) is 135 Å². The van der Waals surface area contributed by atoms with Gasteiger partial charge in [0.15, 0.2) is 0 Å². The molecule has 1 aliphatic heterocycles. The van der Waals surface area contributed by atoms with E-state index in [0.29, 0.717) is 71.3 Å². The lowest BCUT2D eigenvalue weighted by Gasteiger charge is -2.17. The molecule has 12 heteroatoms. The summed E-state index contributed by atoms with van der Waals surface area (Å²) in [6.45, 7) is -3.10. The Labute approximate surface area is 245 Å². The molecule has 222 valence electrons. The average Bonchev–Trinajstić information content (AvgIpc) is 3.71. The van der Waals surface area contributed by atoms with Gasteiger partial charge in [0, 0.05) is 41.0 Å². The van der Waals surface area contributed by atoms with Crippen LogP contribution >= 0.6 is 0 Å². The molecule has 2 aromatic heterocycles. The number of nitrogens with two attached hydrogens (primary N) is 1. The van der Waals surface area contributed by atoms with Crippen molar-refractivity contribution in [3.8, 4) is 28.1 Å². The van der Waals surface area contributed by atoms with Gasteiger partial charge in [0.2, 0.25) is 5.91 Å². The fourth-order valence-electron chi connectivity index (χ4n) is 5.53. The number of halogens is 3. The third-order valence-electron chi connectivity index (χ3n) is 7.65. The zero-order valence-electron chi connectivity index (χ0n) is 23.0. The smallest absolute Gasteiger partial charge is 0.387 e. The Morgan fingerprint density at radius 1 is 1.09 bits per heavy atom. The number of carbonyl (C=O) groups is 2. The second-order valence-electron chi connectivity index (χ2n) is 10.7. The van der Waals surface area contributed by atoms with Crippen LogP contribution in [0, 0.1) is 5.82 Å². The van der Waals surface area contributed by atoms with Gasteiger partial charge in [0.25, 0.3) is 0 Å². The van der Waals surface area contributed by atoms with Gasteiger partial charge in [-0.3, -0.25) is 9.78 Å². The van der Waals surface area contributed by atoms with E-state index < -0.39 is 18.5 Å². The van der Waals surface area contributed by atoms with E-state index in [0.717, 1.165) is 18.5 Å². The van der Waals surface area contributed by atoms with E-state index >= 15 is 0 Å². The third-order valence-corrected chi connectivity index (χ3v) is 7.65. The number of primary amides is 1. The number of nitrogens with one attached hydrogen (secondary N) is 3. The fraction of sp³-hybridized carbons (Fsp3) is 0.290. The minimum absolute atomic E-state index is 0.0929. The lowest BCUT2D eigenvalue weighted by molar-refractivity contribution is -0.116. The molecule has 1 atom stereocenters. The molecular weight excluding hydrogens is 561 g/mol. The standard InChI is InChI=1S/C31H29F3N6O3/c32-21-5-3-6-24(43-30(33)34)26(21)17-10-13-22(36-15-17)20-4-1-2-7-25(41)38-23-14-18(37-31(35)42)11-12-19(23)28-27(16-8-9-16)39-29(20)40-28/h3,5-6,10-16,20,30H,1-2,4,7-9H2,(H,38,41)(H,39,40)(H3,35,37,42). The largest absolute Gasteiger partial charge is 0.434 e. The molecule has 1 saturated carbocycles. The van der Waals surface area contributed by atoms with Crippen LogP contribution in [0.1, 0.15) is 67.6 Å². The summed E-state index contributed by atoms with van der Waals surface area (Å²) in [4.78, 5) is 37.6. The Bertz CT molecular complexity index is 1670. The first-order valence-electron chi connectivity index (χ1n) is 14.1. The number of aromatic amines is 1. The first-order valence-corrected chi connectivity index (χ1v) is 14.1. The fourth-order valence-corrected chi connectivity index (χ4v) is 5.53. The molecule has 9 nitrogen and oxygen atoms in total. The van der Waals surface area contributed by atoms with Crippen LogP contribution in [0.4, 0.5) is 29.3 Å². The van der Waals surface area contributed by atoms with Crippen molar-refractivity contribution in [2.75, 3.05) is 10.6 Å². The molecule has 4 aromatic rings. The molecule has 43 heavy (non-hydrogen) atoms. The van der Waals surface area contributed by atoms with E-state index in [2.05, 4.69) is 25.3 Å². The third kappa shape index (κ3) is 6.18. The van der Waals surface area contributed by atoms with Crippen molar-refractivity contribution < 1.29 is 27.5 Å². The van der Waals surface area contributed by atoms with Crippen molar-refractivity contribution in [2.24, 2.45) is 5.73 Å². The molecule has 2 bridgehead atoms. The highest BCUT2D eigenvalue weighted by Crippen LogP contribution is 2.46. The van der Waals surface area contributed by atoms with Gasteiger partial charge in [-0.05, 0) is 62.1 Å². The molecule has 1 aliphatic carbocycles. The summed E-state index contributed by atoms with van der Waals surface area (Å²) in [5.41, 5.74) is 9.52. The van der Waals surface area contributed by atoms with Gasteiger partial charge in [0.05, 0.1) is 28.6 Å². The zero-order valence-corrected chi connectivity index (χ0v) is 23.0. The number of pyridine rings is 1. The number of amides is 3. The number of ether oxygens (including phenoxy) is 1. The van der Waals surface area contributed by atoms with Crippen LogP contribution in [0.5, 0.6) is 5.75 Å². The SMILES string of the molecule is NC(=O)Nc1ccc2c(c1)NC(=O)CCCCC(c1ccc(-c3c(F)cccc3OC(F)F)cn1)c1nc-2c(C2CC2)[nH]1. The number of nitrogens with zero attached hydrogens (tertiary/aromatic N) is 2. The molecule has 3 heterocycles. The zero-order chi connectivity index (χ0) is 30.1. The molecule has 3 amide bonds. The Balaban J connectivity index is 1.40. The van der Waals surface area contributed by atoms with Gasteiger partial charge in [-0.15, -0.1) is 0 Å². The van der Waals surface area contributed by atoms with Gasteiger partial charge in [0.1, 0.15) is 17.4 Å². The van der Waals surface area contributed by atoms with Gasteiger partial charge >= 0.3 is 12.6 Å². The molecule has 1 fully saturated rings. The molecule has 6 rings (SSSR count). The van der Waals surface area contributed by atoms with Crippen molar-refractivity contribution in [3.63, 3.8) is 0 Å². The van der Waals surface area contributed by atoms with E-state index in [1.165, 1.54) is 24.4 Å². The van der Waals surface area contributed by atoms with E-state index in [1.54, 1.807) is 30.3 Å². The molecule has 2 aromatic carbocycles. The van der Waals surface area contributed by atoms with Gasteiger partial charge in [-0.1, -0.05) is 18.6 Å². The van der Waals surface area contributed by atoms with Crippen molar-refractivity contribution in [3.05, 3.63) is 77.8 Å². The van der Waals surface area contributed by atoms with Crippen molar-refractivity contribution in [2.45, 2.75) is 57.0 Å². The molecule has 0 saturated heterocycles. The van der Waals surface area contributed by atoms with E-state index in [1.807, 2.05) is 0 Å². The number of alkyl halides is 2. The highest BCUT2D eigenvalue weighted by Gasteiger charge is 2.33. The van der Waals surface area contributed by atoms with E-state index in [9.17, 15) is 22.8 Å². The first kappa shape index (κ1) is 28.3. The van der Waals surface area contributed by atoms with Crippen molar-refractivity contribution in [1.29, 1.82) is 0 Å². The molecule has 0 radical (unpaired) electrons. The average molecular weight is 591 g/mol. The molecule has 0 spiro atoms. The quantitative estimate of drug-likeness (QED) is 0.194. The van der Waals surface area contributed by atoms with Crippen LogP contribution in [0.3, 0.4) is 0 Å². The number of carbonyl (C=O) groups excluding carboxylic acids is 2. The Morgan fingerprint density at radius 3 is 2.65 bits per heavy atom. The van der Waals surface area contributed by atoms with Crippen LogP contribution in [0.15, 0.2) is 54.7 Å². The number of anilines is 2. The number of H-pyrrole nitrogens is 1. The summed E-state index contributed by atoms with van der Waals surface area (Å²) < 4.78 is 45.2. The Kier molecular flexibility index (Phi) is 7.75. The molecule has 2 aliphatic rings. The van der Waals surface area contributed by atoms with Crippen LogP contribution in [-0.2, 0) is 4.79 Å². The summed E-state index contributed by atoms with van der Waals surface area (Å²) in [6, 6.07) is 11.6. The Hall–Kier alpha value is -4.87. The highest BCUT2D eigenvalue weighted by atomic mass is 19.3. The number of benzene rings is 2. The highest BCUT2D eigenvalue weighted by molar-refractivity contribution is 5.97. The van der Waals surface area contributed by atoms with Crippen LogP contribution in [0.2, 0.25) is 0 Å². The maximum absolute atomic E-state index is 14.7. The lowest BCUT2D eigenvalue weighted by Crippen LogP contribution is -2.19. The van der Waals surface area contributed by atoms with Gasteiger partial charge in [-0.25, -0.2) is 14.2 Å². The number of aromatic nitrogens is 3. The molecular formula is C31H29F3N6O3. The lowest BCUT2D eigenvalue weighted by atomic mass is 9.95. The van der Waals surface area contributed by atoms with Crippen molar-refractivity contribution in [1.82, 2.24) is 15.0 Å². The number of imidazole rings is 1. The van der Waals surface area contributed by atoms with Crippen LogP contribution in [0.25, 0.3) is 22.4 Å². The van der Waals surface area contributed by atoms with E-state index in [4.69, 9.17) is 10.7 Å². The van der Waals surface area contributed by atoms with Crippen LogP contribution < -0.4 is 21.1 Å². The normalized spacial score (nSPS) is 16.9. The predicted octanol–water partition coefficient (Wildman–Crippen LogP) is 6.89. The van der Waals surface area contributed by atoms with E-state index in [-0.39, 0.29) is 23.1 Å². The molecule has 5 N–H and O–H groups in total. The first-order chi connectivity index (χ1) is 20.8. The van der Waals surface area contributed by atoms with Gasteiger partial charge < -0.3 is 26.1 Å². The summed E-state index contributed by atoms with van der Waals surface area (Å²) in [5, 5.41) is 5.53.